The van der Waals surface area contributed by atoms with Crippen molar-refractivity contribution in [3.8, 4) is 0 Å². The molecule has 1 aliphatic rings. The van der Waals surface area contributed by atoms with E-state index in [1.807, 2.05) is 17.9 Å². The topological polar surface area (TPSA) is 63.4 Å². The molecule has 94 valence electrons. The van der Waals surface area contributed by atoms with E-state index in [4.69, 9.17) is 0 Å². The van der Waals surface area contributed by atoms with Crippen LogP contribution in [0, 0.1) is 6.92 Å². The van der Waals surface area contributed by atoms with Crippen LogP contribution in [0.4, 0.5) is 0 Å². The molecule has 0 aromatic carbocycles. The quantitative estimate of drug-likeness (QED) is 0.733. The number of nitrogens with zero attached hydrogens (tertiary/aromatic N) is 5. The highest BCUT2D eigenvalue weighted by Crippen LogP contribution is 2.26. The van der Waals surface area contributed by atoms with Crippen LogP contribution in [-0.2, 0) is 4.79 Å². The van der Waals surface area contributed by atoms with Gasteiger partial charge in [0.15, 0.2) is 0 Å². The minimum absolute atomic E-state index is 0.315. The van der Waals surface area contributed by atoms with Crippen LogP contribution >= 0.6 is 0 Å². The number of piperidine rings is 1. The summed E-state index contributed by atoms with van der Waals surface area (Å²) in [5.74, 6) is 0.947. The van der Waals surface area contributed by atoms with Gasteiger partial charge in [0.1, 0.15) is 6.33 Å². The van der Waals surface area contributed by atoms with Crippen molar-refractivity contribution in [3.63, 3.8) is 0 Å². The number of hydrogen-bond donors (Lipinski definition) is 0. The lowest BCUT2D eigenvalue weighted by Crippen LogP contribution is -2.34. The fourth-order valence-corrected chi connectivity index (χ4v) is 2.59. The molecule has 1 aliphatic heterocycles. The van der Waals surface area contributed by atoms with Gasteiger partial charge in [0.2, 0.25) is 6.41 Å². The van der Waals surface area contributed by atoms with Gasteiger partial charge in [0.05, 0.1) is 5.69 Å². The molecule has 1 saturated heterocycles. The van der Waals surface area contributed by atoms with Gasteiger partial charge in [0, 0.05) is 24.7 Å². The molecular formula is C12H15N5O. The molecule has 3 heterocycles. The fraction of sp³-hybridized carbons (Fsp3) is 0.500. The molecule has 0 bridgehead atoms. The lowest BCUT2D eigenvalue weighted by atomic mass is 9.94. The van der Waals surface area contributed by atoms with Crippen molar-refractivity contribution in [3.05, 3.63) is 23.8 Å². The smallest absolute Gasteiger partial charge is 0.252 e. The second kappa shape index (κ2) is 4.36. The molecule has 3 rings (SSSR count). The van der Waals surface area contributed by atoms with E-state index in [1.165, 1.54) is 6.33 Å². The third kappa shape index (κ3) is 1.83. The Hall–Kier alpha value is -1.98. The van der Waals surface area contributed by atoms with E-state index in [0.29, 0.717) is 11.7 Å². The summed E-state index contributed by atoms with van der Waals surface area (Å²) in [6, 6.07) is 2.04. The number of carbonyl (C=O) groups is 1. The minimum Gasteiger partial charge on any atom is -0.345 e. The maximum absolute atomic E-state index is 10.9. The van der Waals surface area contributed by atoms with Crippen LogP contribution in [0.5, 0.6) is 0 Å². The molecule has 1 unspecified atom stereocenters. The van der Waals surface area contributed by atoms with Crippen LogP contribution in [-0.4, -0.2) is 44.0 Å². The van der Waals surface area contributed by atoms with Crippen molar-refractivity contribution in [2.24, 2.45) is 0 Å². The summed E-state index contributed by atoms with van der Waals surface area (Å²) in [4.78, 5) is 21.2. The van der Waals surface area contributed by atoms with Gasteiger partial charge in [-0.05, 0) is 25.8 Å². The van der Waals surface area contributed by atoms with Crippen molar-refractivity contribution >= 4 is 12.2 Å². The van der Waals surface area contributed by atoms with Crippen LogP contribution in [0.2, 0.25) is 0 Å². The van der Waals surface area contributed by atoms with E-state index in [2.05, 4.69) is 15.1 Å². The summed E-state index contributed by atoms with van der Waals surface area (Å²) in [5.41, 5.74) is 2.04. The first-order valence-corrected chi connectivity index (χ1v) is 6.14. The number of hydrogen-bond acceptors (Lipinski definition) is 4. The van der Waals surface area contributed by atoms with Crippen LogP contribution in [0.1, 0.15) is 30.1 Å². The highest BCUT2D eigenvalue weighted by atomic mass is 16.1. The van der Waals surface area contributed by atoms with Gasteiger partial charge in [-0.15, -0.1) is 0 Å². The van der Waals surface area contributed by atoms with E-state index < -0.39 is 0 Å². The first-order valence-electron chi connectivity index (χ1n) is 6.14. The molecule has 6 nitrogen and oxygen atoms in total. The molecule has 2 aromatic heterocycles. The van der Waals surface area contributed by atoms with Crippen molar-refractivity contribution in [1.82, 2.24) is 24.5 Å². The number of likely N-dealkylation sites (tertiary alicyclic amines) is 1. The molecule has 0 spiro atoms. The van der Waals surface area contributed by atoms with E-state index >= 15 is 0 Å². The summed E-state index contributed by atoms with van der Waals surface area (Å²) in [7, 11) is 0. The van der Waals surface area contributed by atoms with Crippen LogP contribution in [0.15, 0.2) is 12.4 Å². The van der Waals surface area contributed by atoms with E-state index in [-0.39, 0.29) is 0 Å². The van der Waals surface area contributed by atoms with Crippen LogP contribution in [0.25, 0.3) is 5.78 Å². The first-order chi connectivity index (χ1) is 8.78. The zero-order valence-corrected chi connectivity index (χ0v) is 10.3. The van der Waals surface area contributed by atoms with E-state index in [1.54, 1.807) is 4.52 Å². The fourth-order valence-electron chi connectivity index (χ4n) is 2.59. The van der Waals surface area contributed by atoms with Crippen molar-refractivity contribution in [2.75, 3.05) is 13.1 Å². The molecule has 1 atom stereocenters. The Morgan fingerprint density at radius 3 is 3.22 bits per heavy atom. The van der Waals surface area contributed by atoms with Gasteiger partial charge in [-0.2, -0.15) is 10.1 Å². The summed E-state index contributed by atoms with van der Waals surface area (Å²) >= 11 is 0. The highest BCUT2D eigenvalue weighted by molar-refractivity contribution is 5.47. The SMILES string of the molecule is Cc1cc(C2CCCN(C=O)C2)n2ncnc2n1. The number of carbonyl (C=O) groups excluding carboxylic acids is 1. The predicted octanol–water partition coefficient (Wildman–Crippen LogP) is 0.769. The molecule has 0 radical (unpaired) electrons. The second-order valence-electron chi connectivity index (χ2n) is 4.73. The molecule has 0 N–H and O–H groups in total. The van der Waals surface area contributed by atoms with Crippen molar-refractivity contribution < 1.29 is 4.79 Å². The van der Waals surface area contributed by atoms with Gasteiger partial charge in [-0.1, -0.05) is 0 Å². The Labute approximate surface area is 105 Å². The molecule has 0 saturated carbocycles. The van der Waals surface area contributed by atoms with Gasteiger partial charge in [-0.25, -0.2) is 9.50 Å². The zero-order valence-electron chi connectivity index (χ0n) is 10.3. The Morgan fingerprint density at radius 1 is 1.50 bits per heavy atom. The number of rotatable bonds is 2. The highest BCUT2D eigenvalue weighted by Gasteiger charge is 2.23. The van der Waals surface area contributed by atoms with Gasteiger partial charge in [0.25, 0.3) is 5.78 Å². The average Bonchev–Trinajstić information content (AvgIpc) is 2.85. The molecular weight excluding hydrogens is 230 g/mol. The molecule has 6 heteroatoms. The Morgan fingerprint density at radius 2 is 2.39 bits per heavy atom. The first kappa shape index (κ1) is 11.1. The van der Waals surface area contributed by atoms with Gasteiger partial charge >= 0.3 is 0 Å². The largest absolute Gasteiger partial charge is 0.345 e. The lowest BCUT2D eigenvalue weighted by Gasteiger charge is -2.30. The van der Waals surface area contributed by atoms with Crippen molar-refractivity contribution in [2.45, 2.75) is 25.7 Å². The summed E-state index contributed by atoms with van der Waals surface area (Å²) in [6.07, 6.45) is 4.55. The number of aromatic nitrogens is 4. The number of aryl methyl sites for hydroxylation is 1. The number of amides is 1. The van der Waals surface area contributed by atoms with E-state index in [9.17, 15) is 4.79 Å². The summed E-state index contributed by atoms with van der Waals surface area (Å²) in [5, 5.41) is 4.22. The average molecular weight is 245 g/mol. The second-order valence-corrected chi connectivity index (χ2v) is 4.73. The maximum atomic E-state index is 10.9. The third-order valence-electron chi connectivity index (χ3n) is 3.43. The summed E-state index contributed by atoms with van der Waals surface area (Å²) in [6.45, 7) is 3.56. The van der Waals surface area contributed by atoms with Gasteiger partial charge in [-0.3, -0.25) is 4.79 Å². The Bertz CT molecular complexity index is 579. The third-order valence-corrected chi connectivity index (χ3v) is 3.43. The molecule has 1 fully saturated rings. The van der Waals surface area contributed by atoms with Crippen LogP contribution < -0.4 is 0 Å². The summed E-state index contributed by atoms with van der Waals surface area (Å²) < 4.78 is 1.78. The Kier molecular flexibility index (Phi) is 2.70. The molecule has 1 amide bonds. The van der Waals surface area contributed by atoms with Gasteiger partial charge < -0.3 is 4.90 Å². The zero-order chi connectivity index (χ0) is 12.5. The van der Waals surface area contributed by atoms with Crippen LogP contribution in [0.3, 0.4) is 0 Å². The molecule has 18 heavy (non-hydrogen) atoms. The monoisotopic (exact) mass is 245 g/mol. The molecule has 2 aromatic rings. The predicted molar refractivity (Wildman–Crippen MR) is 65.1 cm³/mol. The lowest BCUT2D eigenvalue weighted by molar-refractivity contribution is -0.119. The molecule has 0 aliphatic carbocycles. The minimum atomic E-state index is 0.315. The standard InChI is InChI=1S/C12H15N5O/c1-9-5-11(17-12(15-9)13-7-14-17)10-3-2-4-16(6-10)8-18/h5,7-8,10H,2-4,6H2,1H3. The van der Waals surface area contributed by atoms with E-state index in [0.717, 1.165) is 43.7 Å². The maximum Gasteiger partial charge on any atom is 0.252 e. The number of fused-ring (bicyclic) bond motifs is 1. The van der Waals surface area contributed by atoms with Crippen molar-refractivity contribution in [1.29, 1.82) is 0 Å². The Balaban J connectivity index is 2.02. The normalized spacial score (nSPS) is 20.3.